The summed E-state index contributed by atoms with van der Waals surface area (Å²) in [5.74, 6) is 1.56. The Balaban J connectivity index is 1.34. The molecule has 0 atom stereocenters. The highest BCUT2D eigenvalue weighted by Crippen LogP contribution is 2.16. The molecule has 0 spiro atoms. The number of carbonyl (C=O) groups excluding carboxylic acids is 2. The number of hydrogen-bond acceptors (Lipinski definition) is 5. The molecule has 0 aromatic heterocycles. The second-order valence-electron chi connectivity index (χ2n) is 6.77. The van der Waals surface area contributed by atoms with Gasteiger partial charge >= 0.3 is 0 Å². The van der Waals surface area contributed by atoms with Crippen molar-refractivity contribution in [3.63, 3.8) is 0 Å². The zero-order valence-electron chi connectivity index (χ0n) is 15.4. The Bertz CT molecular complexity index is 630. The van der Waals surface area contributed by atoms with Crippen LogP contribution in [-0.2, 0) is 20.1 Å². The molecule has 0 bridgehead atoms. The monoisotopic (exact) mass is 411 g/mol. The van der Waals surface area contributed by atoms with Crippen molar-refractivity contribution in [1.82, 2.24) is 14.7 Å². The molecular weight excluding hydrogens is 386 g/mol. The van der Waals surface area contributed by atoms with E-state index in [1.165, 1.54) is 0 Å². The molecule has 2 aliphatic rings. The van der Waals surface area contributed by atoms with Crippen LogP contribution in [0.1, 0.15) is 5.56 Å². The number of hydrogen-bond donors (Lipinski definition) is 0. The number of amides is 2. The zero-order chi connectivity index (χ0) is 19.1. The Labute approximate surface area is 169 Å². The Hall–Kier alpha value is -1.28. The van der Waals surface area contributed by atoms with Gasteiger partial charge in [-0.05, 0) is 17.7 Å². The number of carbonyl (C=O) groups is 2. The van der Waals surface area contributed by atoms with Crippen molar-refractivity contribution >= 4 is 35.2 Å². The molecule has 2 heterocycles. The predicted molar refractivity (Wildman–Crippen MR) is 108 cm³/mol. The Kier molecular flexibility index (Phi) is 7.81. The third kappa shape index (κ3) is 6.38. The molecule has 27 heavy (non-hydrogen) atoms. The maximum absolute atomic E-state index is 12.4. The highest BCUT2D eigenvalue weighted by Gasteiger charge is 2.25. The average Bonchev–Trinajstić information content (AvgIpc) is 2.70. The van der Waals surface area contributed by atoms with Gasteiger partial charge in [0, 0.05) is 50.0 Å². The number of ether oxygens (including phenoxy) is 1. The molecule has 0 radical (unpaired) electrons. The number of halogens is 1. The van der Waals surface area contributed by atoms with E-state index < -0.39 is 0 Å². The van der Waals surface area contributed by atoms with Crippen LogP contribution in [0.15, 0.2) is 24.3 Å². The van der Waals surface area contributed by atoms with E-state index in [9.17, 15) is 9.59 Å². The lowest BCUT2D eigenvalue weighted by atomic mass is 10.2. The largest absolute Gasteiger partial charge is 0.379 e. The molecule has 2 aliphatic heterocycles. The van der Waals surface area contributed by atoms with Crippen LogP contribution in [0.4, 0.5) is 0 Å². The molecule has 0 N–H and O–H groups in total. The van der Waals surface area contributed by atoms with E-state index in [1.807, 2.05) is 34.1 Å². The molecule has 2 amide bonds. The van der Waals surface area contributed by atoms with Crippen molar-refractivity contribution in [2.75, 3.05) is 64.8 Å². The minimum absolute atomic E-state index is 0.147. The maximum atomic E-state index is 12.4. The van der Waals surface area contributed by atoms with E-state index in [0.717, 1.165) is 29.4 Å². The molecule has 1 aromatic rings. The van der Waals surface area contributed by atoms with Crippen LogP contribution in [0.2, 0.25) is 5.02 Å². The summed E-state index contributed by atoms with van der Waals surface area (Å²) in [5, 5.41) is 0.723. The first-order valence-corrected chi connectivity index (χ1v) is 10.8. The van der Waals surface area contributed by atoms with E-state index in [-0.39, 0.29) is 11.8 Å². The molecule has 0 saturated carbocycles. The fraction of sp³-hybridized carbons (Fsp3) is 0.579. The van der Waals surface area contributed by atoms with Crippen molar-refractivity contribution in [2.24, 2.45) is 0 Å². The molecule has 0 unspecified atom stereocenters. The summed E-state index contributed by atoms with van der Waals surface area (Å²) in [6.07, 6.45) is 0. The summed E-state index contributed by atoms with van der Waals surface area (Å²) in [5.41, 5.74) is 1.16. The normalized spacial score (nSPS) is 18.6. The fourth-order valence-corrected chi connectivity index (χ4v) is 4.20. The van der Waals surface area contributed by atoms with Crippen molar-refractivity contribution in [3.8, 4) is 0 Å². The Morgan fingerprint density at radius 3 is 2.15 bits per heavy atom. The van der Waals surface area contributed by atoms with E-state index in [1.54, 1.807) is 11.8 Å². The number of nitrogens with zero attached hydrogens (tertiary/aromatic N) is 3. The minimum atomic E-state index is 0.147. The molecule has 6 nitrogen and oxygen atoms in total. The van der Waals surface area contributed by atoms with E-state index in [4.69, 9.17) is 16.3 Å². The maximum Gasteiger partial charge on any atom is 0.236 e. The first-order chi connectivity index (χ1) is 13.1. The van der Waals surface area contributed by atoms with E-state index >= 15 is 0 Å². The van der Waals surface area contributed by atoms with Crippen LogP contribution in [0.25, 0.3) is 0 Å². The van der Waals surface area contributed by atoms with Gasteiger partial charge in [-0.25, -0.2) is 0 Å². The average molecular weight is 412 g/mol. The van der Waals surface area contributed by atoms with E-state index in [2.05, 4.69) is 4.90 Å². The second-order valence-corrected chi connectivity index (χ2v) is 8.19. The van der Waals surface area contributed by atoms with Gasteiger partial charge in [0.05, 0.1) is 25.5 Å². The van der Waals surface area contributed by atoms with E-state index in [0.29, 0.717) is 51.7 Å². The zero-order valence-corrected chi connectivity index (χ0v) is 17.0. The Morgan fingerprint density at radius 2 is 1.52 bits per heavy atom. The molecule has 148 valence electrons. The molecule has 0 aliphatic carbocycles. The van der Waals surface area contributed by atoms with Crippen LogP contribution in [0, 0.1) is 0 Å². The van der Waals surface area contributed by atoms with Gasteiger partial charge in [-0.2, -0.15) is 0 Å². The van der Waals surface area contributed by atoms with Gasteiger partial charge in [-0.15, -0.1) is 11.8 Å². The van der Waals surface area contributed by atoms with Crippen molar-refractivity contribution in [3.05, 3.63) is 34.9 Å². The van der Waals surface area contributed by atoms with Gasteiger partial charge < -0.3 is 14.5 Å². The summed E-state index contributed by atoms with van der Waals surface area (Å²) in [4.78, 5) is 30.7. The number of thioether (sulfide) groups is 1. The van der Waals surface area contributed by atoms with Crippen molar-refractivity contribution in [1.29, 1.82) is 0 Å². The van der Waals surface area contributed by atoms with Gasteiger partial charge in [-0.3, -0.25) is 14.5 Å². The summed E-state index contributed by atoms with van der Waals surface area (Å²) in [6.45, 7) is 5.96. The quantitative estimate of drug-likeness (QED) is 0.711. The molecular formula is C19H26ClN3O3S. The second kappa shape index (κ2) is 10.3. The summed E-state index contributed by atoms with van der Waals surface area (Å²) in [7, 11) is 0. The van der Waals surface area contributed by atoms with Gasteiger partial charge in [0.2, 0.25) is 11.8 Å². The molecule has 8 heteroatoms. The van der Waals surface area contributed by atoms with Crippen LogP contribution in [0.3, 0.4) is 0 Å². The number of rotatable bonds is 6. The number of piperazine rings is 1. The summed E-state index contributed by atoms with van der Waals surface area (Å²) < 4.78 is 5.31. The fourth-order valence-electron chi connectivity index (χ4n) is 3.18. The van der Waals surface area contributed by atoms with Crippen LogP contribution in [-0.4, -0.2) is 91.3 Å². The lowest BCUT2D eigenvalue weighted by Crippen LogP contribution is -2.53. The molecule has 1 aromatic carbocycles. The topological polar surface area (TPSA) is 53.1 Å². The lowest BCUT2D eigenvalue weighted by Gasteiger charge is -2.36. The SMILES string of the molecule is O=C(CSCc1ccc(Cl)cc1)N1CCN(C(=O)CN2CCOCC2)CC1. The predicted octanol–water partition coefficient (Wildman–Crippen LogP) is 1.58. The first kappa shape index (κ1) is 20.5. The van der Waals surface area contributed by atoms with Crippen LogP contribution in [0.5, 0.6) is 0 Å². The highest BCUT2D eigenvalue weighted by atomic mass is 35.5. The third-order valence-electron chi connectivity index (χ3n) is 4.86. The minimum Gasteiger partial charge on any atom is -0.379 e. The van der Waals surface area contributed by atoms with Crippen molar-refractivity contribution < 1.29 is 14.3 Å². The van der Waals surface area contributed by atoms with Gasteiger partial charge in [0.25, 0.3) is 0 Å². The Morgan fingerprint density at radius 1 is 0.926 bits per heavy atom. The molecule has 2 fully saturated rings. The van der Waals surface area contributed by atoms with Gasteiger partial charge in [0.15, 0.2) is 0 Å². The first-order valence-electron chi connectivity index (χ1n) is 9.29. The third-order valence-corrected chi connectivity index (χ3v) is 6.10. The standard InChI is InChI=1S/C19H26ClN3O3S/c20-17-3-1-16(2-4-17)14-27-15-19(25)23-7-5-22(6-8-23)18(24)13-21-9-11-26-12-10-21/h1-4H,5-15H2. The molecule has 2 saturated heterocycles. The van der Waals surface area contributed by atoms with Crippen LogP contribution < -0.4 is 0 Å². The smallest absolute Gasteiger partial charge is 0.236 e. The molecule has 3 rings (SSSR count). The lowest BCUT2D eigenvalue weighted by molar-refractivity contribution is -0.139. The summed E-state index contributed by atoms with van der Waals surface area (Å²) >= 11 is 7.49. The van der Waals surface area contributed by atoms with Gasteiger partial charge in [-0.1, -0.05) is 23.7 Å². The van der Waals surface area contributed by atoms with Crippen molar-refractivity contribution in [2.45, 2.75) is 5.75 Å². The summed E-state index contributed by atoms with van der Waals surface area (Å²) in [6, 6.07) is 7.70. The number of benzene rings is 1. The van der Waals surface area contributed by atoms with Crippen LogP contribution >= 0.6 is 23.4 Å². The number of morpholine rings is 1. The van der Waals surface area contributed by atoms with Gasteiger partial charge in [0.1, 0.15) is 0 Å². The highest BCUT2D eigenvalue weighted by molar-refractivity contribution is 7.99.